The number of carbonyl (C=O) groups is 3. The van der Waals surface area contributed by atoms with E-state index in [9.17, 15) is 23.2 Å². The summed E-state index contributed by atoms with van der Waals surface area (Å²) in [5, 5.41) is 0. The van der Waals surface area contributed by atoms with E-state index in [1.54, 1.807) is 0 Å². The number of benzene rings is 1. The van der Waals surface area contributed by atoms with Gasteiger partial charge in [-0.25, -0.2) is 8.78 Å². The molecule has 0 unspecified atom stereocenters. The summed E-state index contributed by atoms with van der Waals surface area (Å²) < 4.78 is 26.8. The Morgan fingerprint density at radius 2 is 1.90 bits per heavy atom. The highest BCUT2D eigenvalue weighted by atomic mass is 19.1. The molecule has 4 nitrogen and oxygen atoms in total. The molecule has 0 N–H and O–H groups in total. The van der Waals surface area contributed by atoms with Gasteiger partial charge in [-0.1, -0.05) is 0 Å². The van der Waals surface area contributed by atoms with Crippen LogP contribution < -0.4 is 4.90 Å². The van der Waals surface area contributed by atoms with Crippen molar-refractivity contribution in [3.8, 4) is 0 Å². The maximum Gasteiger partial charge on any atom is 0.299 e. The summed E-state index contributed by atoms with van der Waals surface area (Å²) in [6.45, 7) is 1.59. The molecule has 106 valence electrons. The van der Waals surface area contributed by atoms with Gasteiger partial charge in [-0.3, -0.25) is 9.59 Å². The first-order chi connectivity index (χ1) is 9.41. The van der Waals surface area contributed by atoms with Gasteiger partial charge in [-0.15, -0.1) is 0 Å². The van der Waals surface area contributed by atoms with Gasteiger partial charge in [0.25, 0.3) is 11.7 Å². The van der Waals surface area contributed by atoms with Crippen LogP contribution in [0.3, 0.4) is 0 Å². The van der Waals surface area contributed by atoms with E-state index in [1.807, 2.05) is 0 Å². The van der Waals surface area contributed by atoms with Crippen LogP contribution in [-0.2, 0) is 9.59 Å². The highest BCUT2D eigenvalue weighted by Crippen LogP contribution is 2.32. The van der Waals surface area contributed by atoms with E-state index in [-0.39, 0.29) is 23.6 Å². The Balaban J connectivity index is 2.18. The molecule has 0 atom stereocenters. The minimum Gasteiger partial charge on any atom is -0.302 e. The molecular weight excluding hydrogens is 268 g/mol. The van der Waals surface area contributed by atoms with Crippen LogP contribution in [-0.4, -0.2) is 24.0 Å². The monoisotopic (exact) mass is 281 g/mol. The number of fused-ring (bicyclic) bond motifs is 1. The molecule has 1 aliphatic heterocycles. The molecule has 0 saturated heterocycles. The molecule has 0 saturated carbocycles. The van der Waals surface area contributed by atoms with Gasteiger partial charge in [0.1, 0.15) is 11.6 Å². The number of hydrogen-bond acceptors (Lipinski definition) is 3. The predicted molar refractivity (Wildman–Crippen MR) is 67.6 cm³/mol. The van der Waals surface area contributed by atoms with Crippen molar-refractivity contribution >= 4 is 23.2 Å². The molecule has 1 aliphatic rings. The average molecular weight is 281 g/mol. The molecule has 0 bridgehead atoms. The molecular formula is C14H13F2NO3. The lowest BCUT2D eigenvalue weighted by Gasteiger charge is -2.16. The van der Waals surface area contributed by atoms with Gasteiger partial charge < -0.3 is 9.69 Å². The standard InChI is InChI=1S/C14H13F2NO3/c1-8(18)4-2-3-5-17-12-10(13(19)14(17)20)6-9(15)7-11(12)16/h6-7H,2-5H2,1H3. The van der Waals surface area contributed by atoms with Crippen molar-refractivity contribution in [2.24, 2.45) is 0 Å². The van der Waals surface area contributed by atoms with E-state index in [2.05, 4.69) is 0 Å². The average Bonchev–Trinajstić information content (AvgIpc) is 2.59. The van der Waals surface area contributed by atoms with E-state index < -0.39 is 23.3 Å². The molecule has 0 aliphatic carbocycles. The van der Waals surface area contributed by atoms with Crippen LogP contribution in [0.4, 0.5) is 14.5 Å². The Kier molecular flexibility index (Phi) is 3.92. The van der Waals surface area contributed by atoms with Gasteiger partial charge in [0.2, 0.25) is 0 Å². The van der Waals surface area contributed by atoms with Crippen molar-refractivity contribution in [3.63, 3.8) is 0 Å². The van der Waals surface area contributed by atoms with Gasteiger partial charge in [-0.2, -0.15) is 0 Å². The fraction of sp³-hybridized carbons (Fsp3) is 0.357. The maximum atomic E-state index is 13.7. The van der Waals surface area contributed by atoms with Crippen molar-refractivity contribution in [1.82, 2.24) is 0 Å². The lowest BCUT2D eigenvalue weighted by atomic mass is 10.1. The zero-order valence-electron chi connectivity index (χ0n) is 10.9. The second-order valence-corrected chi connectivity index (χ2v) is 4.73. The van der Waals surface area contributed by atoms with E-state index in [4.69, 9.17) is 0 Å². The van der Waals surface area contributed by atoms with E-state index >= 15 is 0 Å². The van der Waals surface area contributed by atoms with E-state index in [1.165, 1.54) is 6.92 Å². The maximum absolute atomic E-state index is 13.7. The van der Waals surface area contributed by atoms with Crippen LogP contribution in [0.15, 0.2) is 12.1 Å². The van der Waals surface area contributed by atoms with E-state index in [0.717, 1.165) is 11.0 Å². The van der Waals surface area contributed by atoms with Crippen molar-refractivity contribution in [3.05, 3.63) is 29.3 Å². The first-order valence-corrected chi connectivity index (χ1v) is 6.26. The fourth-order valence-electron chi connectivity index (χ4n) is 2.21. The molecule has 0 fully saturated rings. The van der Waals surface area contributed by atoms with E-state index in [0.29, 0.717) is 25.3 Å². The summed E-state index contributed by atoms with van der Waals surface area (Å²) in [7, 11) is 0. The molecule has 6 heteroatoms. The van der Waals surface area contributed by atoms with Crippen molar-refractivity contribution in [2.45, 2.75) is 26.2 Å². The molecule has 0 radical (unpaired) electrons. The quantitative estimate of drug-likeness (QED) is 0.614. The smallest absolute Gasteiger partial charge is 0.299 e. The molecule has 0 aromatic heterocycles. The van der Waals surface area contributed by atoms with Crippen LogP contribution in [0.2, 0.25) is 0 Å². The number of ketones is 2. The second-order valence-electron chi connectivity index (χ2n) is 4.73. The third kappa shape index (κ3) is 2.59. The minimum absolute atomic E-state index is 0.0301. The number of nitrogens with zero attached hydrogens (tertiary/aromatic N) is 1. The van der Waals surface area contributed by atoms with Crippen molar-refractivity contribution in [1.29, 1.82) is 0 Å². The van der Waals surface area contributed by atoms with Gasteiger partial charge in [-0.05, 0) is 25.8 Å². The number of anilines is 1. The number of unbranched alkanes of at least 4 members (excludes halogenated alkanes) is 1. The number of rotatable bonds is 5. The Labute approximate surface area is 114 Å². The normalized spacial score (nSPS) is 13.8. The SMILES string of the molecule is CC(=O)CCCCN1C(=O)C(=O)c2cc(F)cc(F)c21. The van der Waals surface area contributed by atoms with Crippen molar-refractivity contribution in [2.75, 3.05) is 11.4 Å². The van der Waals surface area contributed by atoms with Gasteiger partial charge in [0, 0.05) is 19.0 Å². The third-order valence-corrected chi connectivity index (χ3v) is 3.14. The Morgan fingerprint density at radius 3 is 2.55 bits per heavy atom. The molecule has 1 heterocycles. The molecule has 20 heavy (non-hydrogen) atoms. The van der Waals surface area contributed by atoms with Crippen LogP contribution in [0.5, 0.6) is 0 Å². The Morgan fingerprint density at radius 1 is 1.20 bits per heavy atom. The van der Waals surface area contributed by atoms with Crippen LogP contribution >= 0.6 is 0 Å². The summed E-state index contributed by atoms with van der Waals surface area (Å²) in [5.41, 5.74) is -0.400. The third-order valence-electron chi connectivity index (χ3n) is 3.14. The van der Waals surface area contributed by atoms with Crippen molar-refractivity contribution < 1.29 is 23.2 Å². The molecule has 2 rings (SSSR count). The zero-order chi connectivity index (χ0) is 14.9. The largest absolute Gasteiger partial charge is 0.302 e. The second kappa shape index (κ2) is 5.48. The minimum atomic E-state index is -0.925. The summed E-state index contributed by atoms with van der Waals surface area (Å²) in [5.74, 6) is -3.54. The first-order valence-electron chi connectivity index (χ1n) is 6.26. The first kappa shape index (κ1) is 14.3. The van der Waals surface area contributed by atoms with Gasteiger partial charge in [0.15, 0.2) is 5.82 Å². The van der Waals surface area contributed by atoms with Gasteiger partial charge in [0.05, 0.1) is 11.3 Å². The molecule has 1 aromatic rings. The number of Topliss-reactive ketones (excluding diaryl/α,β-unsaturated/α-hetero) is 2. The molecule has 0 spiro atoms. The van der Waals surface area contributed by atoms with Crippen LogP contribution in [0.1, 0.15) is 36.5 Å². The Hall–Kier alpha value is -2.11. The Bertz CT molecular complexity index is 598. The molecule has 1 amide bonds. The number of halogens is 2. The lowest BCUT2D eigenvalue weighted by molar-refractivity contribution is -0.117. The summed E-state index contributed by atoms with van der Waals surface area (Å²) in [4.78, 5) is 35.3. The molecule has 1 aromatic carbocycles. The zero-order valence-corrected chi connectivity index (χ0v) is 10.9. The highest BCUT2D eigenvalue weighted by molar-refractivity contribution is 6.52. The topological polar surface area (TPSA) is 54.5 Å². The summed E-state index contributed by atoms with van der Waals surface area (Å²) in [6.07, 6.45) is 1.38. The van der Waals surface area contributed by atoms with Gasteiger partial charge >= 0.3 is 0 Å². The summed E-state index contributed by atoms with van der Waals surface area (Å²) in [6, 6.07) is 1.52. The number of hydrogen-bond donors (Lipinski definition) is 0. The number of carbonyl (C=O) groups excluding carboxylic acids is 3. The lowest BCUT2D eigenvalue weighted by Crippen LogP contribution is -2.31. The summed E-state index contributed by atoms with van der Waals surface area (Å²) >= 11 is 0. The fourth-order valence-corrected chi connectivity index (χ4v) is 2.21. The van der Waals surface area contributed by atoms with Crippen LogP contribution in [0, 0.1) is 11.6 Å². The highest BCUT2D eigenvalue weighted by Gasteiger charge is 2.38. The predicted octanol–water partition coefficient (Wildman–Crippen LogP) is 2.25. The van der Waals surface area contributed by atoms with Crippen LogP contribution in [0.25, 0.3) is 0 Å². The number of amides is 1.